The number of hydrogen-bond donors (Lipinski definition) is 0. The molecule has 0 N–H and O–H groups in total. The summed E-state index contributed by atoms with van der Waals surface area (Å²) >= 11 is 0. The third-order valence-corrected chi connectivity index (χ3v) is 3.92. The van der Waals surface area contributed by atoms with Crippen LogP contribution in [0.25, 0.3) is 11.5 Å². The van der Waals surface area contributed by atoms with Gasteiger partial charge in [0.05, 0.1) is 25.0 Å². The summed E-state index contributed by atoms with van der Waals surface area (Å²) in [6, 6.07) is 11.9. The lowest BCUT2D eigenvalue weighted by Gasteiger charge is -2.17. The second-order valence-corrected chi connectivity index (χ2v) is 5.77. The number of aryl methyl sites for hydroxylation is 2. The van der Waals surface area contributed by atoms with Crippen LogP contribution in [0.3, 0.4) is 0 Å². The highest BCUT2D eigenvalue weighted by molar-refractivity contribution is 5.58. The van der Waals surface area contributed by atoms with Crippen LogP contribution in [0, 0.1) is 26.2 Å². The molecule has 0 amide bonds. The summed E-state index contributed by atoms with van der Waals surface area (Å²) in [6.07, 6.45) is 7.17. The van der Waals surface area contributed by atoms with Crippen molar-refractivity contribution in [3.8, 4) is 23.8 Å². The molecule has 0 aliphatic carbocycles. The maximum Gasteiger partial charge on any atom is 0.226 e. The molecule has 0 radical (unpaired) electrons. The zero-order valence-electron chi connectivity index (χ0n) is 14.0. The number of terminal acetylenes is 1. The quantitative estimate of drug-likeness (QED) is 0.639. The average molecular weight is 320 g/mol. The van der Waals surface area contributed by atoms with Gasteiger partial charge in [0.25, 0.3) is 0 Å². The smallest absolute Gasteiger partial charge is 0.226 e. The highest BCUT2D eigenvalue weighted by atomic mass is 16.4. The van der Waals surface area contributed by atoms with Gasteiger partial charge in [-0.05, 0) is 37.6 Å². The van der Waals surface area contributed by atoms with Crippen LogP contribution in [0.1, 0.15) is 22.8 Å². The fraction of sp³-hybridized carbons (Fsp3) is 0.250. The summed E-state index contributed by atoms with van der Waals surface area (Å²) < 4.78 is 11.3. The second-order valence-electron chi connectivity index (χ2n) is 5.77. The highest BCUT2D eigenvalue weighted by Gasteiger charge is 2.16. The zero-order valence-corrected chi connectivity index (χ0v) is 14.0. The molecule has 0 aliphatic heterocycles. The summed E-state index contributed by atoms with van der Waals surface area (Å²) in [6.45, 7) is 5.77. The third kappa shape index (κ3) is 3.58. The Morgan fingerprint density at radius 2 is 1.96 bits per heavy atom. The minimum atomic E-state index is 0.521. The highest BCUT2D eigenvalue weighted by Crippen LogP contribution is 2.25. The van der Waals surface area contributed by atoms with Crippen molar-refractivity contribution < 1.29 is 8.83 Å². The van der Waals surface area contributed by atoms with E-state index >= 15 is 0 Å². The number of furan rings is 1. The first-order valence-electron chi connectivity index (χ1n) is 7.88. The van der Waals surface area contributed by atoms with E-state index in [-0.39, 0.29) is 0 Å². The van der Waals surface area contributed by atoms with Gasteiger partial charge in [-0.3, -0.25) is 4.90 Å². The van der Waals surface area contributed by atoms with Gasteiger partial charge in [-0.25, -0.2) is 4.98 Å². The van der Waals surface area contributed by atoms with Gasteiger partial charge in [-0.1, -0.05) is 24.1 Å². The van der Waals surface area contributed by atoms with E-state index in [0.29, 0.717) is 25.5 Å². The number of benzene rings is 1. The fourth-order valence-electron chi connectivity index (χ4n) is 2.63. The van der Waals surface area contributed by atoms with Crippen molar-refractivity contribution in [2.75, 3.05) is 6.54 Å². The molecule has 0 aliphatic rings. The van der Waals surface area contributed by atoms with Crippen molar-refractivity contribution in [1.82, 2.24) is 9.88 Å². The average Bonchev–Trinajstić information content (AvgIpc) is 3.19. The summed E-state index contributed by atoms with van der Waals surface area (Å²) in [7, 11) is 0. The van der Waals surface area contributed by atoms with Gasteiger partial charge >= 0.3 is 0 Å². The zero-order chi connectivity index (χ0) is 16.9. The van der Waals surface area contributed by atoms with E-state index in [1.54, 1.807) is 6.26 Å². The predicted octanol–water partition coefficient (Wildman–Crippen LogP) is 4.19. The Morgan fingerprint density at radius 1 is 1.12 bits per heavy atom. The van der Waals surface area contributed by atoms with E-state index in [0.717, 1.165) is 28.3 Å². The van der Waals surface area contributed by atoms with E-state index in [1.165, 1.54) is 0 Å². The maximum absolute atomic E-state index is 5.88. The summed E-state index contributed by atoms with van der Waals surface area (Å²) in [5.74, 6) is 5.04. The SMILES string of the molecule is C#CCN(Cc1ccco1)Cc1nc(-c2ccccc2C)oc1C. The molecule has 0 bridgehead atoms. The van der Waals surface area contributed by atoms with Gasteiger partial charge in [0, 0.05) is 12.1 Å². The van der Waals surface area contributed by atoms with Crippen molar-refractivity contribution in [3.05, 3.63) is 65.4 Å². The van der Waals surface area contributed by atoms with Crippen molar-refractivity contribution in [1.29, 1.82) is 0 Å². The van der Waals surface area contributed by atoms with Gasteiger partial charge in [0.2, 0.25) is 5.89 Å². The summed E-state index contributed by atoms with van der Waals surface area (Å²) in [5.41, 5.74) is 3.05. The summed E-state index contributed by atoms with van der Waals surface area (Å²) in [4.78, 5) is 6.79. The lowest BCUT2D eigenvalue weighted by atomic mass is 10.1. The van der Waals surface area contributed by atoms with Gasteiger partial charge in [0.15, 0.2) is 0 Å². The molecule has 24 heavy (non-hydrogen) atoms. The number of hydrogen-bond acceptors (Lipinski definition) is 4. The Bertz CT molecular complexity index is 841. The van der Waals surface area contributed by atoms with Crippen LogP contribution in [-0.4, -0.2) is 16.4 Å². The summed E-state index contributed by atoms with van der Waals surface area (Å²) in [5, 5.41) is 0. The van der Waals surface area contributed by atoms with E-state index in [9.17, 15) is 0 Å². The molecule has 4 heteroatoms. The second kappa shape index (κ2) is 7.20. The van der Waals surface area contributed by atoms with E-state index in [1.807, 2.05) is 37.3 Å². The lowest BCUT2D eigenvalue weighted by Crippen LogP contribution is -2.23. The molecule has 3 rings (SSSR count). The van der Waals surface area contributed by atoms with Crippen LogP contribution in [0.2, 0.25) is 0 Å². The Morgan fingerprint density at radius 3 is 2.67 bits per heavy atom. The van der Waals surface area contributed by atoms with Crippen LogP contribution >= 0.6 is 0 Å². The molecule has 3 aromatic rings. The molecule has 0 fully saturated rings. The van der Waals surface area contributed by atoms with Crippen LogP contribution < -0.4 is 0 Å². The Hall–Kier alpha value is -2.77. The molecular weight excluding hydrogens is 300 g/mol. The van der Waals surface area contributed by atoms with Crippen molar-refractivity contribution in [2.24, 2.45) is 0 Å². The van der Waals surface area contributed by atoms with Crippen molar-refractivity contribution in [2.45, 2.75) is 26.9 Å². The van der Waals surface area contributed by atoms with E-state index in [4.69, 9.17) is 15.3 Å². The van der Waals surface area contributed by atoms with Crippen molar-refractivity contribution in [3.63, 3.8) is 0 Å². The monoisotopic (exact) mass is 320 g/mol. The van der Waals surface area contributed by atoms with Crippen LogP contribution in [0.5, 0.6) is 0 Å². The number of oxazole rings is 1. The third-order valence-electron chi connectivity index (χ3n) is 3.92. The fourth-order valence-corrected chi connectivity index (χ4v) is 2.63. The molecular formula is C20H20N2O2. The van der Waals surface area contributed by atoms with Gasteiger partial charge in [0.1, 0.15) is 11.5 Å². The molecule has 122 valence electrons. The largest absolute Gasteiger partial charge is 0.468 e. The number of aromatic nitrogens is 1. The topological polar surface area (TPSA) is 42.4 Å². The van der Waals surface area contributed by atoms with E-state index < -0.39 is 0 Å². The van der Waals surface area contributed by atoms with Crippen LogP contribution in [0.15, 0.2) is 51.5 Å². The van der Waals surface area contributed by atoms with Crippen LogP contribution in [0.4, 0.5) is 0 Å². The normalized spacial score (nSPS) is 10.9. The molecule has 2 heterocycles. The van der Waals surface area contributed by atoms with E-state index in [2.05, 4.69) is 28.8 Å². The Labute approximate surface area is 142 Å². The minimum absolute atomic E-state index is 0.521. The predicted molar refractivity (Wildman–Crippen MR) is 93.1 cm³/mol. The number of nitrogens with zero attached hydrogens (tertiary/aromatic N) is 2. The number of rotatable bonds is 6. The molecule has 2 aromatic heterocycles. The first-order chi connectivity index (χ1) is 11.7. The molecule has 0 spiro atoms. The molecule has 0 saturated carbocycles. The minimum Gasteiger partial charge on any atom is -0.468 e. The van der Waals surface area contributed by atoms with Crippen molar-refractivity contribution >= 4 is 0 Å². The lowest BCUT2D eigenvalue weighted by molar-refractivity contribution is 0.260. The molecule has 0 unspecified atom stereocenters. The first-order valence-corrected chi connectivity index (χ1v) is 7.88. The molecule has 1 aromatic carbocycles. The molecule has 4 nitrogen and oxygen atoms in total. The standard InChI is InChI=1S/C20H20N2O2/c1-4-11-22(13-17-9-7-12-23-17)14-19-16(3)24-20(21-19)18-10-6-5-8-15(18)2/h1,5-10,12H,11,13-14H2,2-3H3. The maximum atomic E-state index is 5.88. The molecule has 0 atom stereocenters. The Balaban J connectivity index is 1.81. The molecule has 0 saturated heterocycles. The van der Waals surface area contributed by atoms with Crippen LogP contribution in [-0.2, 0) is 13.1 Å². The van der Waals surface area contributed by atoms with Gasteiger partial charge < -0.3 is 8.83 Å². The first kappa shape index (κ1) is 16.1. The Kier molecular flexibility index (Phi) is 4.83. The van der Waals surface area contributed by atoms with Gasteiger partial charge in [-0.2, -0.15) is 0 Å². The van der Waals surface area contributed by atoms with Gasteiger partial charge in [-0.15, -0.1) is 6.42 Å².